The predicted octanol–water partition coefficient (Wildman–Crippen LogP) is 1.95. The van der Waals surface area contributed by atoms with Crippen LogP contribution in [0.4, 0.5) is 5.69 Å². The Labute approximate surface area is 125 Å². The fourth-order valence-corrected chi connectivity index (χ4v) is 1.98. The highest BCUT2D eigenvalue weighted by Gasteiger charge is 2.08. The molecule has 1 heterocycles. The van der Waals surface area contributed by atoms with E-state index in [1.165, 1.54) is 4.68 Å². The van der Waals surface area contributed by atoms with Crippen LogP contribution in [0.25, 0.3) is 0 Å². The largest absolute Gasteiger partial charge is 0.466 e. The van der Waals surface area contributed by atoms with E-state index in [1.54, 1.807) is 19.2 Å². The lowest BCUT2D eigenvalue weighted by molar-refractivity contribution is -0.143. The van der Waals surface area contributed by atoms with Crippen LogP contribution < -0.4 is 10.9 Å². The van der Waals surface area contributed by atoms with Crippen LogP contribution in [0, 0.1) is 0 Å². The second-order valence-electron chi connectivity index (χ2n) is 3.98. The lowest BCUT2D eigenvalue weighted by atomic mass is 10.3. The number of rotatable bonds is 8. The van der Waals surface area contributed by atoms with E-state index in [1.807, 2.05) is 0 Å². The van der Waals surface area contributed by atoms with Gasteiger partial charge in [0.05, 0.1) is 25.0 Å². The molecule has 0 spiro atoms. The van der Waals surface area contributed by atoms with Gasteiger partial charge in [-0.05, 0) is 29.3 Å². The molecule has 0 radical (unpaired) electrons. The molecule has 0 saturated carbocycles. The van der Waals surface area contributed by atoms with E-state index >= 15 is 0 Å². The Morgan fingerprint density at radius 2 is 2.40 bits per heavy atom. The van der Waals surface area contributed by atoms with Crippen molar-refractivity contribution in [1.29, 1.82) is 0 Å². The minimum Gasteiger partial charge on any atom is -0.466 e. The summed E-state index contributed by atoms with van der Waals surface area (Å²) in [7, 11) is 0. The zero-order valence-electron chi connectivity index (χ0n) is 11.4. The van der Waals surface area contributed by atoms with Crippen molar-refractivity contribution in [2.24, 2.45) is 0 Å². The minimum atomic E-state index is -0.222. The first-order valence-corrected chi connectivity index (χ1v) is 7.15. The molecule has 7 heteroatoms. The summed E-state index contributed by atoms with van der Waals surface area (Å²) in [6.45, 7) is 6.66. The lowest BCUT2D eigenvalue weighted by Gasteiger charge is -2.09. The molecule has 0 fully saturated rings. The average Bonchev–Trinajstić information content (AvgIpc) is 2.42. The van der Waals surface area contributed by atoms with Crippen molar-refractivity contribution in [1.82, 2.24) is 9.78 Å². The van der Waals surface area contributed by atoms with Gasteiger partial charge in [-0.15, -0.1) is 6.58 Å². The first-order chi connectivity index (χ1) is 9.60. The molecule has 0 amide bonds. The number of anilines is 1. The number of carbonyl (C=O) groups is 1. The van der Waals surface area contributed by atoms with Crippen molar-refractivity contribution in [2.75, 3.05) is 18.5 Å². The molecule has 0 aliphatic rings. The van der Waals surface area contributed by atoms with Gasteiger partial charge in [0.15, 0.2) is 0 Å². The zero-order valence-corrected chi connectivity index (χ0v) is 13.0. The molecule has 1 N–H and O–H groups in total. The van der Waals surface area contributed by atoms with Crippen molar-refractivity contribution in [3.05, 3.63) is 33.7 Å². The summed E-state index contributed by atoms with van der Waals surface area (Å²) in [4.78, 5) is 23.1. The molecule has 1 aromatic heterocycles. The Morgan fingerprint density at radius 3 is 3.05 bits per heavy atom. The maximum absolute atomic E-state index is 11.9. The number of nitrogens with zero attached hydrogens (tertiary/aromatic N) is 2. The van der Waals surface area contributed by atoms with Crippen LogP contribution in [-0.4, -0.2) is 28.9 Å². The maximum atomic E-state index is 11.9. The van der Waals surface area contributed by atoms with Gasteiger partial charge in [-0.2, -0.15) is 5.10 Å². The molecule has 0 aliphatic heterocycles. The summed E-state index contributed by atoms with van der Waals surface area (Å²) < 4.78 is 6.56. The number of allylic oxidation sites excluding steroid dienone is 1. The molecule has 6 nitrogen and oxygen atoms in total. The van der Waals surface area contributed by atoms with Crippen LogP contribution in [-0.2, 0) is 16.1 Å². The SMILES string of the molecule is C=CCn1ncc(NCCCC(=O)OCC)c(Br)c1=O. The summed E-state index contributed by atoms with van der Waals surface area (Å²) in [6.07, 6.45) is 4.15. The van der Waals surface area contributed by atoms with Gasteiger partial charge < -0.3 is 10.1 Å². The maximum Gasteiger partial charge on any atom is 0.305 e. The van der Waals surface area contributed by atoms with E-state index in [4.69, 9.17) is 4.74 Å². The van der Waals surface area contributed by atoms with E-state index in [2.05, 4.69) is 32.9 Å². The Kier molecular flexibility index (Phi) is 7.00. The van der Waals surface area contributed by atoms with E-state index in [0.29, 0.717) is 42.7 Å². The molecule has 0 saturated heterocycles. The summed E-state index contributed by atoms with van der Waals surface area (Å²) in [6, 6.07) is 0. The van der Waals surface area contributed by atoms with Gasteiger partial charge in [0.1, 0.15) is 4.47 Å². The van der Waals surface area contributed by atoms with Crippen LogP contribution in [0.2, 0.25) is 0 Å². The number of hydrogen-bond acceptors (Lipinski definition) is 5. The zero-order chi connectivity index (χ0) is 15.0. The third kappa shape index (κ3) is 4.80. The van der Waals surface area contributed by atoms with Crippen LogP contribution >= 0.6 is 15.9 Å². The van der Waals surface area contributed by atoms with Gasteiger partial charge in [-0.25, -0.2) is 4.68 Å². The Morgan fingerprint density at radius 1 is 1.65 bits per heavy atom. The Hall–Kier alpha value is -1.63. The molecule has 0 aromatic carbocycles. The quantitative estimate of drug-likeness (QED) is 0.443. The predicted molar refractivity (Wildman–Crippen MR) is 80.8 cm³/mol. The van der Waals surface area contributed by atoms with Gasteiger partial charge >= 0.3 is 5.97 Å². The lowest BCUT2D eigenvalue weighted by Crippen LogP contribution is -2.24. The second-order valence-corrected chi connectivity index (χ2v) is 4.78. The van der Waals surface area contributed by atoms with Crippen LogP contribution in [0.5, 0.6) is 0 Å². The molecule has 0 bridgehead atoms. The first-order valence-electron chi connectivity index (χ1n) is 6.36. The van der Waals surface area contributed by atoms with Gasteiger partial charge in [-0.3, -0.25) is 9.59 Å². The molecule has 20 heavy (non-hydrogen) atoms. The van der Waals surface area contributed by atoms with Crippen molar-refractivity contribution >= 4 is 27.6 Å². The summed E-state index contributed by atoms with van der Waals surface area (Å²) in [5.41, 5.74) is 0.388. The number of ether oxygens (including phenoxy) is 1. The molecule has 0 unspecified atom stereocenters. The summed E-state index contributed by atoms with van der Waals surface area (Å²) in [5.74, 6) is -0.215. The highest BCUT2D eigenvalue weighted by Crippen LogP contribution is 2.16. The third-order valence-electron chi connectivity index (χ3n) is 2.47. The highest BCUT2D eigenvalue weighted by molar-refractivity contribution is 9.10. The Bertz CT molecular complexity index is 528. The summed E-state index contributed by atoms with van der Waals surface area (Å²) in [5, 5.41) is 7.09. The van der Waals surface area contributed by atoms with Gasteiger partial charge in [0.25, 0.3) is 5.56 Å². The van der Waals surface area contributed by atoms with Gasteiger partial charge in [-0.1, -0.05) is 6.08 Å². The van der Waals surface area contributed by atoms with Crippen LogP contribution in [0.3, 0.4) is 0 Å². The smallest absolute Gasteiger partial charge is 0.305 e. The molecular weight excluding hydrogens is 326 g/mol. The number of esters is 1. The van der Waals surface area contributed by atoms with Crippen LogP contribution in [0.1, 0.15) is 19.8 Å². The molecule has 0 aliphatic carbocycles. The second kappa shape index (κ2) is 8.52. The van der Waals surface area contributed by atoms with Crippen molar-refractivity contribution < 1.29 is 9.53 Å². The van der Waals surface area contributed by atoms with Crippen molar-refractivity contribution in [3.63, 3.8) is 0 Å². The standard InChI is InChI=1S/C13H18BrN3O3/c1-3-8-17-13(19)12(14)10(9-16-17)15-7-5-6-11(18)20-4-2/h3,9,15H,1,4-8H2,2H3. The molecule has 0 atom stereocenters. The number of aromatic nitrogens is 2. The summed E-state index contributed by atoms with van der Waals surface area (Å²) >= 11 is 3.25. The fourth-order valence-electron chi connectivity index (χ4n) is 1.53. The highest BCUT2D eigenvalue weighted by atomic mass is 79.9. The topological polar surface area (TPSA) is 73.2 Å². The van der Waals surface area contributed by atoms with Gasteiger partial charge in [0, 0.05) is 13.0 Å². The number of carbonyl (C=O) groups excluding carboxylic acids is 1. The monoisotopic (exact) mass is 343 g/mol. The molecular formula is C13H18BrN3O3. The van der Waals surface area contributed by atoms with E-state index in [9.17, 15) is 9.59 Å². The van der Waals surface area contributed by atoms with E-state index in [0.717, 1.165) is 0 Å². The van der Waals surface area contributed by atoms with E-state index < -0.39 is 0 Å². The normalized spacial score (nSPS) is 10.1. The van der Waals surface area contributed by atoms with Crippen molar-refractivity contribution in [2.45, 2.75) is 26.3 Å². The Balaban J connectivity index is 2.53. The van der Waals surface area contributed by atoms with Gasteiger partial charge in [0.2, 0.25) is 0 Å². The molecule has 110 valence electrons. The fraction of sp³-hybridized carbons (Fsp3) is 0.462. The van der Waals surface area contributed by atoms with Crippen LogP contribution in [0.15, 0.2) is 28.1 Å². The number of halogens is 1. The molecule has 1 rings (SSSR count). The van der Waals surface area contributed by atoms with E-state index in [-0.39, 0.29) is 11.5 Å². The number of nitrogens with one attached hydrogen (secondary N) is 1. The minimum absolute atomic E-state index is 0.215. The number of hydrogen-bond donors (Lipinski definition) is 1. The third-order valence-corrected chi connectivity index (χ3v) is 3.23. The first kappa shape index (κ1) is 16.4. The average molecular weight is 344 g/mol. The van der Waals surface area contributed by atoms with Crippen molar-refractivity contribution in [3.8, 4) is 0 Å². The molecule has 1 aromatic rings.